The average molecular weight is 756 g/mol. The van der Waals surface area contributed by atoms with Crippen LogP contribution < -0.4 is 48.1 Å². The van der Waals surface area contributed by atoms with Gasteiger partial charge in [0.2, 0.25) is 0 Å². The predicted molar refractivity (Wildman–Crippen MR) is 234 cm³/mol. The first kappa shape index (κ1) is 49.2. The quantitative estimate of drug-likeness (QED) is 0.217. The molecule has 0 aliphatic heterocycles. The topological polar surface area (TPSA) is 0 Å². The van der Waals surface area contributed by atoms with E-state index in [-0.39, 0.29) is 37.7 Å². The Bertz CT molecular complexity index is 1220. The summed E-state index contributed by atoms with van der Waals surface area (Å²) in [6.45, 7) is 58.0. The van der Waals surface area contributed by atoms with Gasteiger partial charge in [0.25, 0.3) is 0 Å². The molecular formula is C39H76Li2Si7+. The molecule has 48 heavy (non-hydrogen) atoms. The van der Waals surface area contributed by atoms with Crippen LogP contribution in [0.2, 0.25) is 118 Å². The summed E-state index contributed by atoms with van der Waals surface area (Å²) >= 11 is 0. The van der Waals surface area contributed by atoms with Crippen LogP contribution in [0.5, 0.6) is 0 Å². The summed E-state index contributed by atoms with van der Waals surface area (Å²) in [7, 11) is -8.53. The molecule has 261 valence electrons. The van der Waals surface area contributed by atoms with Crippen LogP contribution in [-0.2, 0) is 0 Å². The van der Waals surface area contributed by atoms with E-state index in [1.165, 1.54) is 0 Å². The molecule has 9 heteroatoms. The molecule has 0 N–H and O–H groups in total. The Morgan fingerprint density at radius 1 is 0.396 bits per heavy atom. The number of hydrogen-bond donors (Lipinski definition) is 0. The maximum atomic E-state index is 2.90. The fourth-order valence-electron chi connectivity index (χ4n) is 10.1. The summed E-state index contributed by atoms with van der Waals surface area (Å²) in [6.07, 6.45) is 0. The summed E-state index contributed by atoms with van der Waals surface area (Å²) < 4.78 is 0. The fourth-order valence-corrected chi connectivity index (χ4v) is 50.8. The zero-order valence-electron chi connectivity index (χ0n) is 36.8. The summed E-state index contributed by atoms with van der Waals surface area (Å²) in [4.78, 5) is 0. The first-order valence-electron chi connectivity index (χ1n) is 18.4. The first-order valence-corrected chi connectivity index (χ1v) is 40.8. The van der Waals surface area contributed by atoms with Gasteiger partial charge in [-0.3, -0.25) is 0 Å². The molecule has 0 unspecified atom stereocenters. The predicted octanol–water partition coefficient (Wildman–Crippen LogP) is 6.11. The molecule has 1 radical (unpaired) electrons. The van der Waals surface area contributed by atoms with Crippen molar-refractivity contribution in [2.45, 2.75) is 173 Å². The van der Waals surface area contributed by atoms with Gasteiger partial charge in [0, 0.05) is 48.4 Å². The second-order valence-electron chi connectivity index (χ2n) is 21.8. The zero-order chi connectivity index (χ0) is 36.2. The molecule has 0 aromatic heterocycles. The largest absolute Gasteiger partial charge is 1.00 e. The van der Waals surface area contributed by atoms with Crippen molar-refractivity contribution in [1.29, 1.82) is 0 Å². The van der Waals surface area contributed by atoms with E-state index in [0.717, 1.165) is 25.0 Å². The van der Waals surface area contributed by atoms with E-state index in [2.05, 4.69) is 176 Å². The second kappa shape index (κ2) is 17.1. The number of benzene rings is 2. The standard InChI is InChI=1S/C39H76Si7.2Li/c1-28(2)31-24-23-25-32(29(3)4)35(31)40-36-33(38(43(11,12)13)44(14,15)16)26-30(37(41(5,6)7)42(8,9)10)27-34(36)39(45(17,18)19)46(20,21)22;;/h23-29,37-39H,1-22H3;;/q-1;2*+1. The molecule has 0 atom stereocenters. The molecule has 0 aliphatic rings. The van der Waals surface area contributed by atoms with Gasteiger partial charge in [-0.1, -0.05) is 198 Å². The summed E-state index contributed by atoms with van der Waals surface area (Å²) in [5.74, 6) is 1.06. The van der Waals surface area contributed by atoms with Gasteiger partial charge in [0.05, 0.1) is 0 Å². The Morgan fingerprint density at radius 3 is 0.875 bits per heavy atom. The normalized spacial score (nSPS) is 13.8. The van der Waals surface area contributed by atoms with Gasteiger partial charge in [0.1, 0.15) is 0 Å². The molecule has 0 fully saturated rings. The summed E-state index contributed by atoms with van der Waals surface area (Å²) in [5, 5.41) is 5.71. The summed E-state index contributed by atoms with van der Waals surface area (Å²) in [6, 6.07) is 13.1. The van der Waals surface area contributed by atoms with Gasteiger partial charge in [-0.05, 0) is 32.9 Å². The molecule has 0 nitrogen and oxygen atoms in total. The number of rotatable bonds is 13. The average Bonchev–Trinajstić information content (AvgIpc) is 2.75. The Labute approximate surface area is 334 Å². The van der Waals surface area contributed by atoms with Crippen molar-refractivity contribution in [3.8, 4) is 0 Å². The van der Waals surface area contributed by atoms with E-state index < -0.39 is 48.4 Å². The van der Waals surface area contributed by atoms with Crippen LogP contribution in [0, 0.1) is 0 Å². The minimum Gasteiger partial charge on any atom is -0.395 e. The minimum atomic E-state index is -1.57. The third-order valence-electron chi connectivity index (χ3n) is 10.00. The van der Waals surface area contributed by atoms with Crippen LogP contribution in [0.3, 0.4) is 0 Å². The molecule has 2 aromatic rings. The van der Waals surface area contributed by atoms with Crippen LogP contribution in [-0.4, -0.2) is 58.0 Å². The van der Waals surface area contributed by atoms with Crippen LogP contribution in [0.4, 0.5) is 0 Å². The van der Waals surface area contributed by atoms with Crippen molar-refractivity contribution < 1.29 is 37.7 Å². The Balaban J connectivity index is 0.0000110. The number of hydrogen-bond acceptors (Lipinski definition) is 0. The molecular weight excluding hydrogens is 679 g/mol. The van der Waals surface area contributed by atoms with E-state index in [1.54, 1.807) is 27.1 Å². The third kappa shape index (κ3) is 12.1. The molecule has 2 aromatic carbocycles. The van der Waals surface area contributed by atoms with Gasteiger partial charge in [0.15, 0.2) is 0 Å². The van der Waals surface area contributed by atoms with Gasteiger partial charge in [-0.15, -0.1) is 0 Å². The van der Waals surface area contributed by atoms with Crippen molar-refractivity contribution in [3.05, 3.63) is 58.1 Å². The second-order valence-corrected chi connectivity index (χ2v) is 56.7. The van der Waals surface area contributed by atoms with Crippen molar-refractivity contribution in [3.63, 3.8) is 0 Å². The monoisotopic (exact) mass is 754 g/mol. The molecule has 0 aliphatic carbocycles. The van der Waals surface area contributed by atoms with E-state index in [0.29, 0.717) is 11.8 Å². The smallest absolute Gasteiger partial charge is 0.395 e. The van der Waals surface area contributed by atoms with Crippen LogP contribution in [0.15, 0.2) is 30.3 Å². The van der Waals surface area contributed by atoms with E-state index in [9.17, 15) is 0 Å². The van der Waals surface area contributed by atoms with Gasteiger partial charge < -0.3 is 9.52 Å². The SMILES string of the molecule is CC(C)c1cccc(C(C)C)c1[Si-]c1c(C([Si](C)(C)C)[Si](C)(C)C)cc(C([Si](C)(C)C)[Si](C)(C)C)cc1C([Si](C)(C)C)[Si](C)(C)C.[Li+].[Li+]. The Hall–Kier alpha value is 1.15. The van der Waals surface area contributed by atoms with Crippen LogP contribution in [0.1, 0.15) is 82.8 Å². The molecule has 2 rings (SSSR count). The fraction of sp³-hybridized carbons (Fsp3) is 0.692. The van der Waals surface area contributed by atoms with E-state index in [4.69, 9.17) is 0 Å². The molecule has 0 saturated heterocycles. The molecule has 0 bridgehead atoms. The van der Waals surface area contributed by atoms with Crippen molar-refractivity contribution in [1.82, 2.24) is 0 Å². The van der Waals surface area contributed by atoms with Crippen LogP contribution in [0.25, 0.3) is 0 Å². The van der Waals surface area contributed by atoms with Crippen molar-refractivity contribution in [2.75, 3.05) is 0 Å². The van der Waals surface area contributed by atoms with Gasteiger partial charge in [-0.2, -0.15) is 0 Å². The maximum absolute atomic E-state index is 2.90. The minimum absolute atomic E-state index is 0. The maximum Gasteiger partial charge on any atom is 1.00 e. The van der Waals surface area contributed by atoms with E-state index in [1.807, 2.05) is 11.1 Å². The molecule has 0 spiro atoms. The molecule has 0 amide bonds. The Morgan fingerprint density at radius 2 is 0.646 bits per heavy atom. The molecule has 0 heterocycles. The van der Waals surface area contributed by atoms with E-state index >= 15 is 0 Å². The van der Waals surface area contributed by atoms with Crippen molar-refractivity contribution >= 4 is 68.3 Å². The summed E-state index contributed by atoms with van der Waals surface area (Å²) in [5.41, 5.74) is 8.56. The van der Waals surface area contributed by atoms with Gasteiger partial charge >= 0.3 is 37.7 Å². The van der Waals surface area contributed by atoms with Gasteiger partial charge in [-0.25, -0.2) is 10.4 Å². The Kier molecular flexibility index (Phi) is 17.5. The molecule has 0 saturated carbocycles. The third-order valence-corrected chi connectivity index (χ3v) is 39.5. The van der Waals surface area contributed by atoms with Crippen LogP contribution >= 0.6 is 0 Å². The zero-order valence-corrected chi connectivity index (χ0v) is 43.8. The van der Waals surface area contributed by atoms with Crippen molar-refractivity contribution in [2.24, 2.45) is 0 Å². The first-order chi connectivity index (χ1) is 20.3.